The Morgan fingerprint density at radius 2 is 0.581 bits per heavy atom. The molecular formula is C24H12F4N4O10S. The molecule has 43 heavy (non-hydrogen) atoms. The van der Waals surface area contributed by atoms with Gasteiger partial charge in [-0.05, 0) is 46.5 Å². The van der Waals surface area contributed by atoms with Crippen LogP contribution in [0.25, 0.3) is 22.3 Å². The second-order valence-electron chi connectivity index (χ2n) is 7.76. The first kappa shape index (κ1) is 33.2. The Morgan fingerprint density at radius 3 is 0.721 bits per heavy atom. The first-order chi connectivity index (χ1) is 20.2. The van der Waals surface area contributed by atoms with Crippen molar-refractivity contribution in [2.24, 2.45) is 0 Å². The quantitative estimate of drug-likeness (QED) is 0.134. The topological polar surface area (TPSA) is 207 Å². The maximum Gasteiger partial charge on any atom is 0.335 e. The van der Waals surface area contributed by atoms with E-state index < -0.39 is 77.3 Å². The Balaban J connectivity index is 0.000000275. The molecule has 0 aliphatic carbocycles. The van der Waals surface area contributed by atoms with Gasteiger partial charge in [-0.2, -0.15) is 26.0 Å². The number of hydrogen-bond donors (Lipinski definition) is 0. The number of nitro benzene ring substituents is 4. The van der Waals surface area contributed by atoms with E-state index in [1.165, 1.54) is 24.3 Å². The van der Waals surface area contributed by atoms with Crippen LogP contribution in [-0.2, 0) is 11.6 Å². The fraction of sp³-hybridized carbons (Fsp3) is 0. The summed E-state index contributed by atoms with van der Waals surface area (Å²) in [5, 5.41) is 42.5. The number of nitro groups is 4. The number of halogens is 4. The minimum absolute atomic E-state index is 0.182. The average Bonchev–Trinajstić information content (AvgIpc) is 2.94. The normalized spacial score (nSPS) is 9.86. The Morgan fingerprint density at radius 1 is 0.419 bits per heavy atom. The summed E-state index contributed by atoms with van der Waals surface area (Å²) < 4.78 is 69.4. The lowest BCUT2D eigenvalue weighted by molar-refractivity contribution is -0.387. The van der Waals surface area contributed by atoms with E-state index in [0.29, 0.717) is 0 Å². The molecule has 0 bridgehead atoms. The molecule has 0 atom stereocenters. The highest BCUT2D eigenvalue weighted by Crippen LogP contribution is 2.31. The monoisotopic (exact) mass is 624 g/mol. The number of benzene rings is 4. The van der Waals surface area contributed by atoms with Crippen molar-refractivity contribution in [1.29, 1.82) is 0 Å². The molecule has 0 aliphatic heterocycles. The van der Waals surface area contributed by atoms with Crippen molar-refractivity contribution < 1.29 is 45.7 Å². The Hall–Kier alpha value is -5.98. The molecule has 14 nitrogen and oxygen atoms in total. The van der Waals surface area contributed by atoms with E-state index in [4.69, 9.17) is 8.42 Å². The molecule has 0 radical (unpaired) electrons. The molecule has 222 valence electrons. The van der Waals surface area contributed by atoms with Crippen molar-refractivity contribution in [2.75, 3.05) is 0 Å². The predicted molar refractivity (Wildman–Crippen MR) is 139 cm³/mol. The van der Waals surface area contributed by atoms with E-state index in [2.05, 4.69) is 0 Å². The summed E-state index contributed by atoms with van der Waals surface area (Å²) in [7, 11) is 0. The van der Waals surface area contributed by atoms with Gasteiger partial charge in [0, 0.05) is 24.3 Å². The molecule has 0 fully saturated rings. The maximum absolute atomic E-state index is 13.2. The van der Waals surface area contributed by atoms with Gasteiger partial charge in [-0.3, -0.25) is 40.5 Å². The lowest BCUT2D eigenvalue weighted by Crippen LogP contribution is -1.95. The van der Waals surface area contributed by atoms with Gasteiger partial charge < -0.3 is 0 Å². The van der Waals surface area contributed by atoms with Gasteiger partial charge in [0.05, 0.1) is 19.7 Å². The van der Waals surface area contributed by atoms with E-state index in [9.17, 15) is 58.0 Å². The van der Waals surface area contributed by atoms with Crippen LogP contribution in [0.4, 0.5) is 40.3 Å². The molecule has 0 saturated heterocycles. The molecule has 0 heterocycles. The smallest absolute Gasteiger partial charge is 0.258 e. The van der Waals surface area contributed by atoms with Gasteiger partial charge in [0.1, 0.15) is 0 Å². The van der Waals surface area contributed by atoms with Crippen LogP contribution in [0.1, 0.15) is 0 Å². The molecular weight excluding hydrogens is 612 g/mol. The third-order valence-corrected chi connectivity index (χ3v) is 5.24. The van der Waals surface area contributed by atoms with Gasteiger partial charge in [0.15, 0.2) is 0 Å². The molecule has 19 heteroatoms. The summed E-state index contributed by atoms with van der Waals surface area (Å²) in [4.78, 5) is 38.9. The Bertz CT molecular complexity index is 1540. The van der Waals surface area contributed by atoms with E-state index in [0.717, 1.165) is 48.5 Å². The van der Waals surface area contributed by atoms with Crippen molar-refractivity contribution >= 4 is 34.3 Å². The van der Waals surface area contributed by atoms with Crippen LogP contribution in [-0.4, -0.2) is 28.1 Å². The summed E-state index contributed by atoms with van der Waals surface area (Å²) >= 11 is -0.750. The third-order valence-electron chi connectivity index (χ3n) is 5.24. The van der Waals surface area contributed by atoms with Crippen LogP contribution in [0.5, 0.6) is 0 Å². The van der Waals surface area contributed by atoms with Gasteiger partial charge in [0.2, 0.25) is 23.3 Å². The van der Waals surface area contributed by atoms with Gasteiger partial charge in [0.25, 0.3) is 0 Å². The van der Waals surface area contributed by atoms with Gasteiger partial charge in [-0.25, -0.2) is 0 Å². The zero-order valence-electron chi connectivity index (χ0n) is 20.7. The molecule has 0 unspecified atom stereocenters. The molecule has 0 N–H and O–H groups in total. The first-order valence-corrected chi connectivity index (χ1v) is 11.6. The van der Waals surface area contributed by atoms with Crippen LogP contribution in [0, 0.1) is 63.7 Å². The first-order valence-electron chi connectivity index (χ1n) is 10.9. The SMILES string of the molecule is O=S=O.O=[N+]([O-])c1cc(-c2ccc(F)c([N+](=O)[O-])c2)ccc1F.O=[N+]([O-])c1cc(-c2ccc(F)c([N+](=O)[O-])c2)ccc1F. The zero-order valence-corrected chi connectivity index (χ0v) is 21.5. The predicted octanol–water partition coefficient (Wildman–Crippen LogP) is 6.23. The molecule has 4 rings (SSSR count). The van der Waals surface area contributed by atoms with E-state index in [1.54, 1.807) is 0 Å². The van der Waals surface area contributed by atoms with Gasteiger partial charge >= 0.3 is 34.3 Å². The summed E-state index contributed by atoms with van der Waals surface area (Å²) in [6.07, 6.45) is 0. The van der Waals surface area contributed by atoms with Crippen molar-refractivity contribution in [3.8, 4) is 22.3 Å². The van der Waals surface area contributed by atoms with E-state index >= 15 is 0 Å². The lowest BCUT2D eigenvalue weighted by atomic mass is 10.0. The fourth-order valence-corrected chi connectivity index (χ4v) is 3.33. The number of nitrogens with zero attached hydrogens (tertiary/aromatic N) is 4. The molecule has 4 aromatic rings. The highest BCUT2D eigenvalue weighted by Gasteiger charge is 2.20. The zero-order chi connectivity index (χ0) is 32.4. The molecule has 0 saturated carbocycles. The second-order valence-corrected chi connectivity index (χ2v) is 7.90. The highest BCUT2D eigenvalue weighted by atomic mass is 32.1. The lowest BCUT2D eigenvalue weighted by Gasteiger charge is -2.03. The maximum atomic E-state index is 13.2. The van der Waals surface area contributed by atoms with Crippen molar-refractivity contribution in [2.45, 2.75) is 0 Å². The molecule has 4 aromatic carbocycles. The number of rotatable bonds is 6. The van der Waals surface area contributed by atoms with Crippen molar-refractivity contribution in [3.63, 3.8) is 0 Å². The highest BCUT2D eigenvalue weighted by molar-refractivity contribution is 7.51. The third kappa shape index (κ3) is 8.50. The molecule has 0 spiro atoms. The average molecular weight is 624 g/mol. The van der Waals surface area contributed by atoms with Gasteiger partial charge in [-0.15, -0.1) is 0 Å². The van der Waals surface area contributed by atoms with E-state index in [1.807, 2.05) is 0 Å². The summed E-state index contributed by atoms with van der Waals surface area (Å²) in [6.45, 7) is 0. The summed E-state index contributed by atoms with van der Waals surface area (Å²) in [6, 6.07) is 12.1. The van der Waals surface area contributed by atoms with Gasteiger partial charge in [-0.1, -0.05) is 24.3 Å². The summed E-state index contributed by atoms with van der Waals surface area (Å²) in [5.41, 5.74) is -2.29. The van der Waals surface area contributed by atoms with Crippen LogP contribution >= 0.6 is 0 Å². The Kier molecular flexibility index (Phi) is 11.3. The van der Waals surface area contributed by atoms with Crippen LogP contribution < -0.4 is 0 Å². The second kappa shape index (κ2) is 14.6. The van der Waals surface area contributed by atoms with Crippen LogP contribution in [0.2, 0.25) is 0 Å². The van der Waals surface area contributed by atoms with Crippen molar-refractivity contribution in [3.05, 3.63) is 137 Å². The Labute approximate surface area is 239 Å². The minimum atomic E-state index is -1.02. The van der Waals surface area contributed by atoms with Crippen LogP contribution in [0.15, 0.2) is 72.8 Å². The molecule has 0 aliphatic rings. The fourth-order valence-electron chi connectivity index (χ4n) is 3.33. The summed E-state index contributed by atoms with van der Waals surface area (Å²) in [5.74, 6) is -4.07. The number of hydrogen-bond acceptors (Lipinski definition) is 10. The largest absolute Gasteiger partial charge is 0.335 e. The standard InChI is InChI=1S/2C12H6F2N2O4.O2S/c2*13-9-3-1-7(5-11(9)15(17)18)8-2-4-10(14)12(6-8)16(19)20;1-3-2/h2*1-6H;. The molecule has 0 aromatic heterocycles. The van der Waals surface area contributed by atoms with Crippen molar-refractivity contribution in [1.82, 2.24) is 0 Å². The molecule has 0 amide bonds. The minimum Gasteiger partial charge on any atom is -0.258 e. The van der Waals surface area contributed by atoms with E-state index in [-0.39, 0.29) is 22.3 Å². The van der Waals surface area contributed by atoms with Crippen LogP contribution in [0.3, 0.4) is 0 Å².